The summed E-state index contributed by atoms with van der Waals surface area (Å²) in [7, 11) is 0. The summed E-state index contributed by atoms with van der Waals surface area (Å²) in [5.74, 6) is -0.216. The number of halogens is 2. The van der Waals surface area contributed by atoms with Crippen LogP contribution < -0.4 is 5.32 Å². The third-order valence-electron chi connectivity index (χ3n) is 6.51. The molecule has 0 saturated heterocycles. The highest BCUT2D eigenvalue weighted by Crippen LogP contribution is 2.25. The fraction of sp³-hybridized carbons (Fsp3) is 0.310. The lowest BCUT2D eigenvalue weighted by Gasteiger charge is -2.32. The molecule has 1 N–H and O–H groups in total. The molecule has 3 aromatic rings. The molecular formula is C29H30Cl2N2O2. The molecule has 2 amide bonds. The number of nitrogens with zero attached hydrogens (tertiary/aromatic N) is 1. The van der Waals surface area contributed by atoms with Crippen molar-refractivity contribution >= 4 is 35.0 Å². The smallest absolute Gasteiger partial charge is 0.243 e. The van der Waals surface area contributed by atoms with Crippen LogP contribution in [0.4, 0.5) is 0 Å². The van der Waals surface area contributed by atoms with E-state index in [9.17, 15) is 9.59 Å². The lowest BCUT2D eigenvalue weighted by Crippen LogP contribution is -2.52. The SMILES string of the molecule is O=C(NC1CCCC1)[C@H](Cc1ccccc1)N(Cc1ccc(Cl)c(Cl)c1)C(=O)Cc1ccccc1. The topological polar surface area (TPSA) is 49.4 Å². The number of nitrogens with one attached hydrogen (secondary N) is 1. The molecule has 0 aliphatic heterocycles. The van der Waals surface area contributed by atoms with Crippen molar-refractivity contribution in [1.82, 2.24) is 10.2 Å². The van der Waals surface area contributed by atoms with Gasteiger partial charge in [0, 0.05) is 19.0 Å². The minimum atomic E-state index is -0.649. The van der Waals surface area contributed by atoms with Gasteiger partial charge in [-0.15, -0.1) is 0 Å². The van der Waals surface area contributed by atoms with Crippen LogP contribution in [0.5, 0.6) is 0 Å². The summed E-state index contributed by atoms with van der Waals surface area (Å²) >= 11 is 12.4. The van der Waals surface area contributed by atoms with Gasteiger partial charge >= 0.3 is 0 Å². The third kappa shape index (κ3) is 7.09. The number of amides is 2. The van der Waals surface area contributed by atoms with Gasteiger partial charge in [0.1, 0.15) is 6.04 Å². The highest BCUT2D eigenvalue weighted by atomic mass is 35.5. The molecule has 1 aliphatic rings. The van der Waals surface area contributed by atoms with Gasteiger partial charge in [0.15, 0.2) is 0 Å². The summed E-state index contributed by atoms with van der Waals surface area (Å²) in [5.41, 5.74) is 2.74. The van der Waals surface area contributed by atoms with Crippen molar-refractivity contribution in [3.8, 4) is 0 Å². The summed E-state index contributed by atoms with van der Waals surface area (Å²) in [5, 5.41) is 4.11. The van der Waals surface area contributed by atoms with Gasteiger partial charge < -0.3 is 10.2 Å². The van der Waals surface area contributed by atoms with Crippen molar-refractivity contribution in [3.63, 3.8) is 0 Å². The Hall–Kier alpha value is -2.82. The van der Waals surface area contributed by atoms with E-state index in [2.05, 4.69) is 5.32 Å². The second-order valence-corrected chi connectivity index (χ2v) is 9.94. The minimum absolute atomic E-state index is 0.107. The van der Waals surface area contributed by atoms with E-state index >= 15 is 0 Å². The molecule has 0 bridgehead atoms. The van der Waals surface area contributed by atoms with E-state index in [0.717, 1.165) is 42.4 Å². The number of hydrogen-bond acceptors (Lipinski definition) is 2. The van der Waals surface area contributed by atoms with Crippen LogP contribution in [0.25, 0.3) is 0 Å². The summed E-state index contributed by atoms with van der Waals surface area (Å²) in [6.07, 6.45) is 4.84. The fourth-order valence-electron chi connectivity index (χ4n) is 4.63. The predicted octanol–water partition coefficient (Wildman–Crippen LogP) is 6.23. The molecule has 6 heteroatoms. The summed E-state index contributed by atoms with van der Waals surface area (Å²) in [6, 6.07) is 24.3. The van der Waals surface area contributed by atoms with Crippen LogP contribution in [-0.2, 0) is 29.0 Å². The van der Waals surface area contributed by atoms with E-state index in [1.165, 1.54) is 0 Å². The fourth-order valence-corrected chi connectivity index (χ4v) is 4.95. The first-order valence-corrected chi connectivity index (χ1v) is 12.9. The maximum absolute atomic E-state index is 13.7. The molecule has 1 atom stereocenters. The molecule has 182 valence electrons. The Bertz CT molecular complexity index is 1130. The zero-order chi connectivity index (χ0) is 24.6. The molecule has 0 heterocycles. The van der Waals surface area contributed by atoms with Crippen LogP contribution >= 0.6 is 23.2 Å². The molecule has 0 aromatic heterocycles. The van der Waals surface area contributed by atoms with Crippen molar-refractivity contribution in [1.29, 1.82) is 0 Å². The van der Waals surface area contributed by atoms with E-state index in [0.29, 0.717) is 16.5 Å². The van der Waals surface area contributed by atoms with Gasteiger partial charge in [0.2, 0.25) is 11.8 Å². The first-order chi connectivity index (χ1) is 17.0. The minimum Gasteiger partial charge on any atom is -0.352 e. The van der Waals surface area contributed by atoms with Gasteiger partial charge in [0.25, 0.3) is 0 Å². The Morgan fingerprint density at radius 2 is 1.46 bits per heavy atom. The van der Waals surface area contributed by atoms with Crippen LogP contribution in [0.3, 0.4) is 0 Å². The Morgan fingerprint density at radius 1 is 0.829 bits per heavy atom. The molecule has 0 unspecified atom stereocenters. The van der Waals surface area contributed by atoms with E-state index in [1.807, 2.05) is 66.7 Å². The molecule has 0 spiro atoms. The lowest BCUT2D eigenvalue weighted by atomic mass is 10.0. The van der Waals surface area contributed by atoms with Crippen LogP contribution in [-0.4, -0.2) is 28.8 Å². The highest BCUT2D eigenvalue weighted by molar-refractivity contribution is 6.42. The van der Waals surface area contributed by atoms with Crippen LogP contribution in [0.2, 0.25) is 10.0 Å². The van der Waals surface area contributed by atoms with Gasteiger partial charge in [-0.1, -0.05) is 103 Å². The number of carbonyl (C=O) groups excluding carboxylic acids is 2. The second kappa shape index (κ2) is 12.2. The van der Waals surface area contributed by atoms with Gasteiger partial charge in [-0.2, -0.15) is 0 Å². The molecule has 1 saturated carbocycles. The van der Waals surface area contributed by atoms with Gasteiger partial charge in [-0.05, 0) is 41.7 Å². The summed E-state index contributed by atoms with van der Waals surface area (Å²) in [4.78, 5) is 29.1. The monoisotopic (exact) mass is 508 g/mol. The highest BCUT2D eigenvalue weighted by Gasteiger charge is 2.32. The number of hydrogen-bond donors (Lipinski definition) is 1. The van der Waals surface area contributed by atoms with Crippen molar-refractivity contribution in [3.05, 3.63) is 106 Å². The molecule has 1 aliphatic carbocycles. The Labute approximate surface area is 217 Å². The van der Waals surface area contributed by atoms with Gasteiger partial charge in [0.05, 0.1) is 16.5 Å². The summed E-state index contributed by atoms with van der Waals surface area (Å²) in [6.45, 7) is 0.262. The molecule has 1 fully saturated rings. The average molecular weight is 509 g/mol. The molecule has 0 radical (unpaired) electrons. The van der Waals surface area contributed by atoms with Crippen molar-refractivity contribution in [2.24, 2.45) is 0 Å². The van der Waals surface area contributed by atoms with Crippen LogP contribution in [0, 0.1) is 0 Å². The normalized spacial score (nSPS) is 14.5. The Balaban J connectivity index is 1.66. The lowest BCUT2D eigenvalue weighted by molar-refractivity contribution is -0.141. The predicted molar refractivity (Wildman–Crippen MR) is 141 cm³/mol. The standard InChI is InChI=1S/C29H30Cl2N2O2/c30-25-16-15-23(17-26(25)31)20-33(28(34)19-22-11-5-2-6-12-22)27(18-21-9-3-1-4-10-21)29(35)32-24-13-7-8-14-24/h1-6,9-12,15-17,24,27H,7-8,13-14,18-20H2,(H,32,35)/t27-/m0/s1. The van der Waals surface area contributed by atoms with E-state index in [1.54, 1.807) is 17.0 Å². The molecular weight excluding hydrogens is 479 g/mol. The molecule has 3 aromatic carbocycles. The quantitative estimate of drug-likeness (QED) is 0.372. The second-order valence-electron chi connectivity index (χ2n) is 9.13. The zero-order valence-corrected chi connectivity index (χ0v) is 21.1. The summed E-state index contributed by atoms with van der Waals surface area (Å²) < 4.78 is 0. The van der Waals surface area contributed by atoms with Gasteiger partial charge in [-0.25, -0.2) is 0 Å². The number of rotatable bonds is 9. The molecule has 4 rings (SSSR count). The molecule has 4 nitrogen and oxygen atoms in total. The van der Waals surface area contributed by atoms with Crippen LogP contribution in [0.1, 0.15) is 42.4 Å². The Kier molecular flexibility index (Phi) is 8.84. The Morgan fingerprint density at radius 3 is 2.09 bits per heavy atom. The maximum Gasteiger partial charge on any atom is 0.243 e. The first kappa shape index (κ1) is 25.3. The molecule has 35 heavy (non-hydrogen) atoms. The third-order valence-corrected chi connectivity index (χ3v) is 7.25. The number of benzene rings is 3. The van der Waals surface area contributed by atoms with E-state index < -0.39 is 6.04 Å². The van der Waals surface area contributed by atoms with Crippen LogP contribution in [0.15, 0.2) is 78.9 Å². The van der Waals surface area contributed by atoms with Gasteiger partial charge in [-0.3, -0.25) is 9.59 Å². The van der Waals surface area contributed by atoms with E-state index in [4.69, 9.17) is 23.2 Å². The van der Waals surface area contributed by atoms with Crippen molar-refractivity contribution < 1.29 is 9.59 Å². The maximum atomic E-state index is 13.7. The van der Waals surface area contributed by atoms with Crippen molar-refractivity contribution in [2.75, 3.05) is 0 Å². The van der Waals surface area contributed by atoms with E-state index in [-0.39, 0.29) is 30.8 Å². The zero-order valence-electron chi connectivity index (χ0n) is 19.6. The largest absolute Gasteiger partial charge is 0.352 e. The first-order valence-electron chi connectivity index (χ1n) is 12.1. The van der Waals surface area contributed by atoms with Crippen molar-refractivity contribution in [2.45, 2.75) is 57.2 Å². The average Bonchev–Trinajstić information content (AvgIpc) is 3.37. The number of carbonyl (C=O) groups is 2.